The molecule has 10 heteroatoms. The van der Waals surface area contributed by atoms with Gasteiger partial charge in [0.1, 0.15) is 17.9 Å². The lowest BCUT2D eigenvalue weighted by atomic mass is 9.94. The van der Waals surface area contributed by atoms with E-state index in [9.17, 15) is 19.2 Å². The van der Waals surface area contributed by atoms with Crippen LogP contribution in [0.3, 0.4) is 0 Å². The van der Waals surface area contributed by atoms with Crippen LogP contribution in [0, 0.1) is 5.92 Å². The van der Waals surface area contributed by atoms with E-state index in [1.165, 1.54) is 4.90 Å². The molecule has 0 saturated carbocycles. The SMILES string of the molecule is CC(C)(C)OC(=O)CNC(=O)C1C(=O)CCN(Cc2ccc(Oc3ccc(Cl)cc3)nc2)C1=O. The summed E-state index contributed by atoms with van der Waals surface area (Å²) in [6.45, 7) is 5.04. The van der Waals surface area contributed by atoms with Gasteiger partial charge in [-0.2, -0.15) is 0 Å². The van der Waals surface area contributed by atoms with Gasteiger partial charge in [0.25, 0.3) is 0 Å². The molecule has 2 heterocycles. The van der Waals surface area contributed by atoms with Crippen molar-refractivity contribution < 1.29 is 28.7 Å². The highest BCUT2D eigenvalue weighted by molar-refractivity contribution is 6.30. The molecule has 2 aromatic rings. The van der Waals surface area contributed by atoms with Crippen LogP contribution in [0.15, 0.2) is 42.6 Å². The molecule has 180 valence electrons. The third-order valence-electron chi connectivity index (χ3n) is 4.80. The monoisotopic (exact) mass is 487 g/mol. The Labute approximate surface area is 202 Å². The lowest BCUT2D eigenvalue weighted by molar-refractivity contribution is -0.157. The van der Waals surface area contributed by atoms with Crippen molar-refractivity contribution in [3.05, 3.63) is 53.2 Å². The van der Waals surface area contributed by atoms with Crippen LogP contribution in [-0.4, -0.2) is 52.1 Å². The molecule has 1 aliphatic rings. The van der Waals surface area contributed by atoms with Crippen LogP contribution in [0.2, 0.25) is 5.02 Å². The molecule has 3 rings (SSSR count). The maximum Gasteiger partial charge on any atom is 0.325 e. The van der Waals surface area contributed by atoms with Gasteiger partial charge < -0.3 is 19.7 Å². The summed E-state index contributed by atoms with van der Waals surface area (Å²) in [4.78, 5) is 55.2. The zero-order valence-corrected chi connectivity index (χ0v) is 19.9. The van der Waals surface area contributed by atoms with Crippen LogP contribution in [-0.2, 0) is 30.5 Å². The minimum atomic E-state index is -1.49. The molecule has 0 aliphatic carbocycles. The van der Waals surface area contributed by atoms with Crippen LogP contribution in [0.25, 0.3) is 0 Å². The summed E-state index contributed by atoms with van der Waals surface area (Å²) >= 11 is 5.86. The maximum absolute atomic E-state index is 12.9. The number of nitrogens with one attached hydrogen (secondary N) is 1. The Balaban J connectivity index is 1.58. The number of ether oxygens (including phenoxy) is 2. The molecule has 34 heavy (non-hydrogen) atoms. The number of ketones is 1. The second-order valence-electron chi connectivity index (χ2n) is 8.77. The molecule has 9 nitrogen and oxygen atoms in total. The molecule has 0 radical (unpaired) electrons. The summed E-state index contributed by atoms with van der Waals surface area (Å²) < 4.78 is 10.8. The van der Waals surface area contributed by atoms with E-state index < -0.39 is 41.6 Å². The van der Waals surface area contributed by atoms with E-state index >= 15 is 0 Å². The molecule has 2 amide bonds. The van der Waals surface area contributed by atoms with E-state index in [0.717, 1.165) is 0 Å². The van der Waals surface area contributed by atoms with Crippen molar-refractivity contribution in [1.82, 2.24) is 15.2 Å². The predicted molar refractivity (Wildman–Crippen MR) is 123 cm³/mol. The third-order valence-corrected chi connectivity index (χ3v) is 5.06. The number of benzene rings is 1. The molecule has 0 bridgehead atoms. The summed E-state index contributed by atoms with van der Waals surface area (Å²) in [5.74, 6) is -3.10. The number of nitrogens with zero attached hydrogens (tertiary/aromatic N) is 2. The van der Waals surface area contributed by atoms with Gasteiger partial charge in [0.05, 0.1) is 0 Å². The lowest BCUT2D eigenvalue weighted by Crippen LogP contribution is -2.52. The highest BCUT2D eigenvalue weighted by atomic mass is 35.5. The first-order valence-electron chi connectivity index (χ1n) is 10.7. The van der Waals surface area contributed by atoms with Crippen LogP contribution in [0.4, 0.5) is 0 Å². The zero-order chi connectivity index (χ0) is 24.9. The first-order chi connectivity index (χ1) is 16.0. The van der Waals surface area contributed by atoms with Crippen molar-refractivity contribution in [3.8, 4) is 11.6 Å². The van der Waals surface area contributed by atoms with Crippen LogP contribution in [0.1, 0.15) is 32.8 Å². The number of carbonyl (C=O) groups is 4. The van der Waals surface area contributed by atoms with Gasteiger partial charge in [0.2, 0.25) is 17.7 Å². The number of piperidine rings is 1. The molecule has 1 aromatic heterocycles. The van der Waals surface area contributed by atoms with Gasteiger partial charge in [-0.15, -0.1) is 0 Å². The van der Waals surface area contributed by atoms with Gasteiger partial charge in [-0.05, 0) is 50.6 Å². The molecule has 1 unspecified atom stereocenters. The Morgan fingerprint density at radius 1 is 1.15 bits per heavy atom. The number of hydrogen-bond acceptors (Lipinski definition) is 7. The molecule has 1 saturated heterocycles. The van der Waals surface area contributed by atoms with Crippen LogP contribution in [0.5, 0.6) is 11.6 Å². The average molecular weight is 488 g/mol. The molecule has 1 aliphatic heterocycles. The van der Waals surface area contributed by atoms with Crippen molar-refractivity contribution in [2.75, 3.05) is 13.1 Å². The number of aromatic nitrogens is 1. The normalized spacial score (nSPS) is 16.2. The standard InChI is InChI=1S/C24H26ClN3O6/c1-24(2,3)34-20(30)13-27-22(31)21-18(29)10-11-28(23(21)32)14-15-4-9-19(26-12-15)33-17-7-5-16(25)6-8-17/h4-9,12,21H,10-11,13-14H2,1-3H3,(H,27,31). The quantitative estimate of drug-likeness (QED) is 0.471. The first kappa shape index (κ1) is 25.2. The molecule has 1 atom stereocenters. The van der Waals surface area contributed by atoms with Crippen LogP contribution < -0.4 is 10.1 Å². The Kier molecular flexibility index (Phi) is 7.88. The first-order valence-corrected chi connectivity index (χ1v) is 11.1. The van der Waals surface area contributed by atoms with Crippen molar-refractivity contribution in [3.63, 3.8) is 0 Å². The van der Waals surface area contributed by atoms with E-state index in [0.29, 0.717) is 22.2 Å². The van der Waals surface area contributed by atoms with E-state index in [4.69, 9.17) is 21.1 Å². The molecule has 1 N–H and O–H groups in total. The fourth-order valence-electron chi connectivity index (χ4n) is 3.28. The second kappa shape index (κ2) is 10.6. The molecule has 1 aromatic carbocycles. The van der Waals surface area contributed by atoms with Gasteiger partial charge >= 0.3 is 5.97 Å². The van der Waals surface area contributed by atoms with Gasteiger partial charge in [-0.25, -0.2) is 4.98 Å². The van der Waals surface area contributed by atoms with Gasteiger partial charge in [-0.1, -0.05) is 17.7 Å². The molecule has 0 spiro atoms. The number of Topliss-reactive ketones (excluding diaryl/α,β-unsaturated/α-hetero) is 1. The fourth-order valence-corrected chi connectivity index (χ4v) is 3.41. The number of carbonyl (C=O) groups excluding carboxylic acids is 4. The van der Waals surface area contributed by atoms with E-state index in [-0.39, 0.29) is 19.5 Å². The van der Waals surface area contributed by atoms with E-state index in [2.05, 4.69) is 10.3 Å². The Morgan fingerprint density at radius 2 is 1.85 bits per heavy atom. The highest BCUT2D eigenvalue weighted by Crippen LogP contribution is 2.23. The average Bonchev–Trinajstić information content (AvgIpc) is 2.76. The zero-order valence-electron chi connectivity index (χ0n) is 19.2. The summed E-state index contributed by atoms with van der Waals surface area (Å²) in [7, 11) is 0. The number of amides is 2. The highest BCUT2D eigenvalue weighted by Gasteiger charge is 2.40. The Bertz CT molecular complexity index is 1060. The number of esters is 1. The Hall–Kier alpha value is -3.46. The summed E-state index contributed by atoms with van der Waals surface area (Å²) in [5, 5.41) is 2.93. The lowest BCUT2D eigenvalue weighted by Gasteiger charge is -2.30. The number of likely N-dealkylation sites (tertiary alicyclic amines) is 1. The molecular weight excluding hydrogens is 462 g/mol. The minimum absolute atomic E-state index is 0.0431. The second-order valence-corrected chi connectivity index (χ2v) is 9.21. The Morgan fingerprint density at radius 3 is 2.47 bits per heavy atom. The summed E-state index contributed by atoms with van der Waals surface area (Å²) in [5.41, 5.74) is -0.00232. The number of hydrogen-bond donors (Lipinski definition) is 1. The van der Waals surface area contributed by atoms with Crippen molar-refractivity contribution in [1.29, 1.82) is 0 Å². The number of pyridine rings is 1. The number of rotatable bonds is 7. The van der Waals surface area contributed by atoms with Crippen LogP contribution >= 0.6 is 11.6 Å². The third kappa shape index (κ3) is 7.02. The fraction of sp³-hybridized carbons (Fsp3) is 0.375. The smallest absolute Gasteiger partial charge is 0.325 e. The topological polar surface area (TPSA) is 115 Å². The van der Waals surface area contributed by atoms with Gasteiger partial charge in [0, 0.05) is 36.8 Å². The van der Waals surface area contributed by atoms with E-state index in [1.807, 2.05) is 0 Å². The van der Waals surface area contributed by atoms with Crippen molar-refractivity contribution >= 4 is 35.2 Å². The maximum atomic E-state index is 12.9. The summed E-state index contributed by atoms with van der Waals surface area (Å²) in [6, 6.07) is 10.3. The molecular formula is C24H26ClN3O6. The van der Waals surface area contributed by atoms with Crippen molar-refractivity contribution in [2.24, 2.45) is 5.92 Å². The summed E-state index contributed by atoms with van der Waals surface area (Å²) in [6.07, 6.45) is 1.61. The molecule has 1 fully saturated rings. The predicted octanol–water partition coefficient (Wildman–Crippen LogP) is 2.90. The van der Waals surface area contributed by atoms with Gasteiger partial charge in [0.15, 0.2) is 11.7 Å². The van der Waals surface area contributed by atoms with E-state index in [1.54, 1.807) is 63.4 Å². The minimum Gasteiger partial charge on any atom is -0.459 e. The number of halogens is 1. The largest absolute Gasteiger partial charge is 0.459 e. The van der Waals surface area contributed by atoms with Crippen molar-refractivity contribution in [2.45, 2.75) is 39.3 Å². The van der Waals surface area contributed by atoms with Gasteiger partial charge in [-0.3, -0.25) is 19.2 Å².